The van der Waals surface area contributed by atoms with E-state index in [0.717, 1.165) is 15.9 Å². The molecule has 2 N–H and O–H groups in total. The van der Waals surface area contributed by atoms with Gasteiger partial charge in [0.2, 0.25) is 0 Å². The van der Waals surface area contributed by atoms with E-state index in [1.807, 2.05) is 18.2 Å². The molecule has 0 bridgehead atoms. The summed E-state index contributed by atoms with van der Waals surface area (Å²) >= 11 is 3.41. The number of carboxylic acid groups (broad SMARTS) is 1. The summed E-state index contributed by atoms with van der Waals surface area (Å²) in [6.07, 6.45) is 1.40. The molecule has 1 heterocycles. The van der Waals surface area contributed by atoms with Crippen molar-refractivity contribution in [2.24, 2.45) is 0 Å². The van der Waals surface area contributed by atoms with Crippen molar-refractivity contribution in [1.29, 1.82) is 0 Å². The van der Waals surface area contributed by atoms with Gasteiger partial charge < -0.3 is 15.2 Å². The van der Waals surface area contributed by atoms with Gasteiger partial charge in [0.25, 0.3) is 0 Å². The van der Waals surface area contributed by atoms with Crippen LogP contribution in [0.4, 0.5) is 5.69 Å². The predicted octanol–water partition coefficient (Wildman–Crippen LogP) is 1.86. The average molecular weight is 341 g/mol. The van der Waals surface area contributed by atoms with E-state index >= 15 is 0 Å². The van der Waals surface area contributed by atoms with Gasteiger partial charge in [-0.15, -0.1) is 5.10 Å². The molecule has 1 aromatic carbocycles. The van der Waals surface area contributed by atoms with E-state index in [-0.39, 0.29) is 5.69 Å². The minimum absolute atomic E-state index is 0.0582. The summed E-state index contributed by atoms with van der Waals surface area (Å²) in [6.45, 7) is 1.12. The normalized spacial score (nSPS) is 10.3. The average Bonchev–Trinajstić information content (AvgIpc) is 2.88. The van der Waals surface area contributed by atoms with Crippen LogP contribution in [0.3, 0.4) is 0 Å². The van der Waals surface area contributed by atoms with Crippen LogP contribution in [0.1, 0.15) is 10.5 Å². The highest BCUT2D eigenvalue weighted by Gasteiger charge is 2.07. The summed E-state index contributed by atoms with van der Waals surface area (Å²) < 4.78 is 7.49. The Morgan fingerprint density at radius 2 is 2.35 bits per heavy atom. The Bertz CT molecular complexity index is 614. The Morgan fingerprint density at radius 1 is 1.55 bits per heavy atom. The molecule has 0 unspecified atom stereocenters. The number of carboxylic acids is 1. The highest BCUT2D eigenvalue weighted by molar-refractivity contribution is 9.10. The number of anilines is 1. The molecule has 8 heteroatoms. The molecule has 0 aliphatic rings. The van der Waals surface area contributed by atoms with Crippen LogP contribution in [0.15, 0.2) is 28.9 Å². The second-order valence-electron chi connectivity index (χ2n) is 3.95. The molecule has 0 saturated carbocycles. The number of carbonyl (C=O) groups is 1. The molecule has 0 atom stereocenters. The van der Waals surface area contributed by atoms with Gasteiger partial charge in [-0.25, -0.2) is 9.48 Å². The summed E-state index contributed by atoms with van der Waals surface area (Å²) in [4.78, 5) is 10.7. The smallest absolute Gasteiger partial charge is 0.358 e. The Morgan fingerprint density at radius 3 is 2.95 bits per heavy atom. The number of halogens is 1. The van der Waals surface area contributed by atoms with Crippen LogP contribution >= 0.6 is 15.9 Å². The molecule has 0 aliphatic heterocycles. The second-order valence-corrected chi connectivity index (χ2v) is 4.80. The van der Waals surface area contributed by atoms with Crippen LogP contribution in [-0.2, 0) is 6.54 Å². The minimum atomic E-state index is -1.08. The lowest BCUT2D eigenvalue weighted by Gasteiger charge is -2.08. The van der Waals surface area contributed by atoms with Gasteiger partial charge in [-0.1, -0.05) is 5.21 Å². The van der Waals surface area contributed by atoms with Crippen molar-refractivity contribution < 1.29 is 14.6 Å². The molecular weight excluding hydrogens is 328 g/mol. The number of ether oxygens (including phenoxy) is 1. The molecule has 0 saturated heterocycles. The van der Waals surface area contributed by atoms with E-state index in [1.54, 1.807) is 7.11 Å². The highest BCUT2D eigenvalue weighted by Crippen LogP contribution is 2.27. The van der Waals surface area contributed by atoms with E-state index in [9.17, 15) is 4.79 Å². The molecule has 0 radical (unpaired) electrons. The molecule has 20 heavy (non-hydrogen) atoms. The zero-order valence-corrected chi connectivity index (χ0v) is 12.3. The minimum Gasteiger partial charge on any atom is -0.496 e. The van der Waals surface area contributed by atoms with Crippen LogP contribution in [0.2, 0.25) is 0 Å². The first-order valence-electron chi connectivity index (χ1n) is 5.81. The lowest BCUT2D eigenvalue weighted by Crippen LogP contribution is -2.11. The summed E-state index contributed by atoms with van der Waals surface area (Å²) in [5.74, 6) is -0.318. The third kappa shape index (κ3) is 3.47. The number of aromatic nitrogens is 3. The van der Waals surface area contributed by atoms with E-state index in [0.29, 0.717) is 13.1 Å². The molecule has 0 spiro atoms. The first-order chi connectivity index (χ1) is 9.60. The Labute approximate surface area is 123 Å². The number of hydrogen-bond donors (Lipinski definition) is 2. The molecule has 7 nitrogen and oxygen atoms in total. The first kappa shape index (κ1) is 14.3. The van der Waals surface area contributed by atoms with E-state index in [2.05, 4.69) is 31.6 Å². The van der Waals surface area contributed by atoms with Crippen molar-refractivity contribution in [3.05, 3.63) is 34.6 Å². The molecule has 2 aromatic rings. The lowest BCUT2D eigenvalue weighted by molar-refractivity contribution is 0.0690. The highest BCUT2D eigenvalue weighted by atomic mass is 79.9. The number of methoxy groups -OCH3 is 1. The molecule has 106 valence electrons. The number of nitrogens with one attached hydrogen (secondary N) is 1. The van der Waals surface area contributed by atoms with Crippen LogP contribution in [-0.4, -0.2) is 39.7 Å². The van der Waals surface area contributed by atoms with Crippen LogP contribution < -0.4 is 10.1 Å². The lowest BCUT2D eigenvalue weighted by atomic mass is 10.3. The zero-order chi connectivity index (χ0) is 14.5. The SMILES string of the molecule is COc1ccc(NCCn2cc(C(=O)O)nn2)cc1Br. The zero-order valence-electron chi connectivity index (χ0n) is 10.7. The molecule has 0 fully saturated rings. The molecular formula is C12H13BrN4O3. The second kappa shape index (κ2) is 6.38. The van der Waals surface area contributed by atoms with Crippen LogP contribution in [0, 0.1) is 0 Å². The molecule has 1 aromatic heterocycles. The Kier molecular flexibility index (Phi) is 4.57. The Balaban J connectivity index is 1.89. The van der Waals surface area contributed by atoms with Crippen LogP contribution in [0.25, 0.3) is 0 Å². The summed E-state index contributed by atoms with van der Waals surface area (Å²) in [5, 5.41) is 19.2. The predicted molar refractivity (Wildman–Crippen MR) is 76.2 cm³/mol. The van der Waals surface area contributed by atoms with Gasteiger partial charge in [0.05, 0.1) is 24.3 Å². The third-order valence-corrected chi connectivity index (χ3v) is 3.20. The van der Waals surface area contributed by atoms with Gasteiger partial charge in [-0.2, -0.15) is 0 Å². The van der Waals surface area contributed by atoms with E-state index < -0.39 is 5.97 Å². The monoisotopic (exact) mass is 340 g/mol. The largest absolute Gasteiger partial charge is 0.496 e. The molecule has 2 rings (SSSR count). The van der Waals surface area contributed by atoms with Gasteiger partial charge in [-0.05, 0) is 34.1 Å². The van der Waals surface area contributed by atoms with Gasteiger partial charge in [0, 0.05) is 12.2 Å². The topological polar surface area (TPSA) is 89.3 Å². The summed E-state index contributed by atoms with van der Waals surface area (Å²) in [5.41, 5.74) is 0.869. The van der Waals surface area contributed by atoms with Crippen molar-refractivity contribution in [2.45, 2.75) is 6.54 Å². The Hall–Kier alpha value is -2.09. The van der Waals surface area contributed by atoms with Crippen molar-refractivity contribution in [1.82, 2.24) is 15.0 Å². The summed E-state index contributed by atoms with van der Waals surface area (Å²) in [7, 11) is 1.61. The molecule has 0 aliphatic carbocycles. The van der Waals surface area contributed by atoms with Gasteiger partial charge in [-0.3, -0.25) is 0 Å². The van der Waals surface area contributed by atoms with Crippen LogP contribution in [0.5, 0.6) is 5.75 Å². The molecule has 0 amide bonds. The van der Waals surface area contributed by atoms with Crippen molar-refractivity contribution in [3.63, 3.8) is 0 Å². The van der Waals surface area contributed by atoms with Gasteiger partial charge in [0.15, 0.2) is 5.69 Å². The van der Waals surface area contributed by atoms with Gasteiger partial charge in [0.1, 0.15) is 5.75 Å². The maximum Gasteiger partial charge on any atom is 0.358 e. The number of rotatable bonds is 6. The number of nitrogens with zero attached hydrogens (tertiary/aromatic N) is 3. The fraction of sp³-hybridized carbons (Fsp3) is 0.250. The standard InChI is InChI=1S/C12H13BrN4O3/c1-20-11-3-2-8(6-9(11)13)14-4-5-17-7-10(12(18)19)15-16-17/h2-3,6-7,14H,4-5H2,1H3,(H,18,19). The number of aromatic carboxylic acids is 1. The quantitative estimate of drug-likeness (QED) is 0.834. The third-order valence-electron chi connectivity index (χ3n) is 2.58. The van der Waals surface area contributed by atoms with Crippen molar-refractivity contribution in [3.8, 4) is 5.75 Å². The van der Waals surface area contributed by atoms with E-state index in [4.69, 9.17) is 9.84 Å². The fourth-order valence-corrected chi connectivity index (χ4v) is 2.14. The van der Waals surface area contributed by atoms with Crippen molar-refractivity contribution in [2.75, 3.05) is 19.0 Å². The summed E-state index contributed by atoms with van der Waals surface area (Å²) in [6, 6.07) is 5.65. The first-order valence-corrected chi connectivity index (χ1v) is 6.60. The van der Waals surface area contributed by atoms with Crippen molar-refractivity contribution >= 4 is 27.6 Å². The fourth-order valence-electron chi connectivity index (χ4n) is 1.60. The van der Waals surface area contributed by atoms with Gasteiger partial charge >= 0.3 is 5.97 Å². The van der Waals surface area contributed by atoms with E-state index in [1.165, 1.54) is 10.9 Å². The maximum absolute atomic E-state index is 10.7. The number of benzene rings is 1. The maximum atomic E-state index is 10.7. The number of hydrogen-bond acceptors (Lipinski definition) is 5.